The lowest BCUT2D eigenvalue weighted by Crippen LogP contribution is -2.39. The van der Waals surface area contributed by atoms with Gasteiger partial charge in [0.15, 0.2) is 0 Å². The van der Waals surface area contributed by atoms with Crippen LogP contribution in [0.3, 0.4) is 0 Å². The Kier molecular flexibility index (Phi) is 7.50. The molecule has 0 heterocycles. The normalized spacial score (nSPS) is 15.1. The minimum Gasteiger partial charge on any atom is -0.390 e. The molecular formula is C11H22N2O. The topological polar surface area (TPSA) is 35.5 Å². The highest BCUT2D eigenvalue weighted by atomic mass is 16.3. The standard InChI is InChI=1S/C11H22N2O/c1-5-7-10(6-2)12-8-11(14)9-13(3)4/h2,10-12,14H,5,7-9H2,1,3-4H3. The highest BCUT2D eigenvalue weighted by Crippen LogP contribution is 1.95. The second-order valence-corrected chi connectivity index (χ2v) is 3.83. The van der Waals surface area contributed by atoms with Gasteiger partial charge in [-0.1, -0.05) is 19.3 Å². The Morgan fingerprint density at radius 3 is 2.57 bits per heavy atom. The van der Waals surface area contributed by atoms with Crippen molar-refractivity contribution in [2.75, 3.05) is 27.2 Å². The van der Waals surface area contributed by atoms with E-state index in [9.17, 15) is 5.11 Å². The highest BCUT2D eigenvalue weighted by Gasteiger charge is 2.08. The summed E-state index contributed by atoms with van der Waals surface area (Å²) < 4.78 is 0. The number of nitrogens with zero attached hydrogens (tertiary/aromatic N) is 1. The second-order valence-electron chi connectivity index (χ2n) is 3.83. The lowest BCUT2D eigenvalue weighted by atomic mass is 10.1. The van der Waals surface area contributed by atoms with Crippen LogP contribution in [0.1, 0.15) is 19.8 Å². The number of aliphatic hydroxyl groups excluding tert-OH is 1. The van der Waals surface area contributed by atoms with Crippen LogP contribution in [0.4, 0.5) is 0 Å². The van der Waals surface area contributed by atoms with Gasteiger partial charge in [0.1, 0.15) is 0 Å². The van der Waals surface area contributed by atoms with E-state index in [4.69, 9.17) is 6.42 Å². The van der Waals surface area contributed by atoms with E-state index in [1.807, 2.05) is 19.0 Å². The monoisotopic (exact) mass is 198 g/mol. The Hall–Kier alpha value is -0.560. The maximum atomic E-state index is 9.56. The zero-order chi connectivity index (χ0) is 11.0. The van der Waals surface area contributed by atoms with Crippen molar-refractivity contribution >= 4 is 0 Å². The number of aliphatic hydroxyl groups is 1. The van der Waals surface area contributed by atoms with Crippen molar-refractivity contribution in [3.8, 4) is 12.3 Å². The first-order valence-corrected chi connectivity index (χ1v) is 5.12. The molecule has 2 unspecified atom stereocenters. The van der Waals surface area contributed by atoms with Gasteiger partial charge in [0, 0.05) is 13.1 Å². The molecule has 0 radical (unpaired) electrons. The average Bonchev–Trinajstić information content (AvgIpc) is 2.11. The van der Waals surface area contributed by atoms with Crippen molar-refractivity contribution in [2.45, 2.75) is 31.9 Å². The zero-order valence-corrected chi connectivity index (χ0v) is 9.45. The SMILES string of the molecule is C#CC(CCC)NCC(O)CN(C)C. The van der Waals surface area contributed by atoms with E-state index in [-0.39, 0.29) is 12.1 Å². The van der Waals surface area contributed by atoms with Gasteiger partial charge in [0.2, 0.25) is 0 Å². The van der Waals surface area contributed by atoms with Crippen molar-refractivity contribution in [1.29, 1.82) is 0 Å². The minimum absolute atomic E-state index is 0.0943. The van der Waals surface area contributed by atoms with Crippen molar-refractivity contribution in [1.82, 2.24) is 10.2 Å². The molecule has 0 amide bonds. The summed E-state index contributed by atoms with van der Waals surface area (Å²) in [4.78, 5) is 1.96. The fourth-order valence-electron chi connectivity index (χ4n) is 1.30. The number of likely N-dealkylation sites (N-methyl/N-ethyl adjacent to an activating group) is 1. The molecule has 0 aliphatic carbocycles. The largest absolute Gasteiger partial charge is 0.390 e. The van der Waals surface area contributed by atoms with Crippen LogP contribution in [0.2, 0.25) is 0 Å². The Labute approximate surface area is 87.5 Å². The van der Waals surface area contributed by atoms with Gasteiger partial charge in [-0.2, -0.15) is 0 Å². The Balaban J connectivity index is 3.63. The molecule has 14 heavy (non-hydrogen) atoms. The zero-order valence-electron chi connectivity index (χ0n) is 9.45. The molecule has 0 fully saturated rings. The number of nitrogens with one attached hydrogen (secondary N) is 1. The van der Waals surface area contributed by atoms with Crippen LogP contribution in [-0.4, -0.2) is 49.3 Å². The molecule has 0 saturated heterocycles. The third-order valence-corrected chi connectivity index (χ3v) is 1.95. The molecule has 0 aliphatic heterocycles. The molecule has 0 spiro atoms. The van der Waals surface area contributed by atoms with Crippen LogP contribution in [0.5, 0.6) is 0 Å². The van der Waals surface area contributed by atoms with Crippen LogP contribution in [0.15, 0.2) is 0 Å². The van der Waals surface area contributed by atoms with Crippen LogP contribution < -0.4 is 5.32 Å². The summed E-state index contributed by atoms with van der Waals surface area (Å²) in [6.45, 7) is 3.33. The van der Waals surface area contributed by atoms with Crippen LogP contribution in [0.25, 0.3) is 0 Å². The molecule has 3 nitrogen and oxygen atoms in total. The van der Waals surface area contributed by atoms with Gasteiger partial charge < -0.3 is 15.3 Å². The number of hydrogen-bond donors (Lipinski definition) is 2. The van der Waals surface area contributed by atoms with Gasteiger partial charge >= 0.3 is 0 Å². The molecule has 2 atom stereocenters. The molecule has 0 aliphatic rings. The summed E-state index contributed by atoms with van der Waals surface area (Å²) >= 11 is 0. The minimum atomic E-state index is -0.349. The predicted octanol–water partition coefficient (Wildman–Crippen LogP) is 0.300. The van der Waals surface area contributed by atoms with E-state index in [0.29, 0.717) is 13.1 Å². The summed E-state index contributed by atoms with van der Waals surface area (Å²) in [5.74, 6) is 2.68. The molecule has 2 N–H and O–H groups in total. The number of terminal acetylenes is 1. The fourth-order valence-corrected chi connectivity index (χ4v) is 1.30. The smallest absolute Gasteiger partial charge is 0.0791 e. The van der Waals surface area contributed by atoms with E-state index in [2.05, 4.69) is 18.2 Å². The van der Waals surface area contributed by atoms with E-state index < -0.39 is 0 Å². The lowest BCUT2D eigenvalue weighted by molar-refractivity contribution is 0.133. The summed E-state index contributed by atoms with van der Waals surface area (Å²) in [6.07, 6.45) is 7.02. The van der Waals surface area contributed by atoms with E-state index in [1.165, 1.54) is 0 Å². The maximum absolute atomic E-state index is 9.56. The Bertz CT molecular complexity index is 175. The molecule has 0 aromatic carbocycles. The van der Waals surface area contributed by atoms with Crippen molar-refractivity contribution in [3.05, 3.63) is 0 Å². The Morgan fingerprint density at radius 1 is 1.50 bits per heavy atom. The molecule has 82 valence electrons. The molecular weight excluding hydrogens is 176 g/mol. The Morgan fingerprint density at radius 2 is 2.14 bits per heavy atom. The maximum Gasteiger partial charge on any atom is 0.0791 e. The third-order valence-electron chi connectivity index (χ3n) is 1.95. The summed E-state index contributed by atoms with van der Waals surface area (Å²) in [5, 5.41) is 12.7. The van der Waals surface area contributed by atoms with E-state index in [0.717, 1.165) is 12.8 Å². The van der Waals surface area contributed by atoms with E-state index >= 15 is 0 Å². The van der Waals surface area contributed by atoms with Gasteiger partial charge in [0.05, 0.1) is 12.1 Å². The van der Waals surface area contributed by atoms with Crippen LogP contribution in [0, 0.1) is 12.3 Å². The molecule has 0 rings (SSSR count). The van der Waals surface area contributed by atoms with Gasteiger partial charge in [-0.05, 0) is 20.5 Å². The van der Waals surface area contributed by atoms with Gasteiger partial charge in [-0.15, -0.1) is 6.42 Å². The molecule has 0 saturated carbocycles. The second kappa shape index (κ2) is 7.81. The van der Waals surface area contributed by atoms with Gasteiger partial charge in [-0.25, -0.2) is 0 Å². The van der Waals surface area contributed by atoms with Gasteiger partial charge in [-0.3, -0.25) is 0 Å². The first-order valence-electron chi connectivity index (χ1n) is 5.12. The fraction of sp³-hybridized carbons (Fsp3) is 0.818. The van der Waals surface area contributed by atoms with Crippen molar-refractivity contribution < 1.29 is 5.11 Å². The van der Waals surface area contributed by atoms with E-state index in [1.54, 1.807) is 0 Å². The predicted molar refractivity (Wildman–Crippen MR) is 60.1 cm³/mol. The van der Waals surface area contributed by atoms with Crippen molar-refractivity contribution in [2.24, 2.45) is 0 Å². The first kappa shape index (κ1) is 13.4. The molecule has 0 aromatic heterocycles. The quantitative estimate of drug-likeness (QED) is 0.578. The molecule has 0 bridgehead atoms. The summed E-state index contributed by atoms with van der Waals surface area (Å²) in [6, 6.07) is 0.0943. The molecule has 3 heteroatoms. The third kappa shape index (κ3) is 6.90. The highest BCUT2D eigenvalue weighted by molar-refractivity contribution is 4.98. The first-order chi connectivity index (χ1) is 6.60. The number of rotatable bonds is 7. The number of hydrogen-bond acceptors (Lipinski definition) is 3. The summed E-state index contributed by atoms with van der Waals surface area (Å²) in [5.41, 5.74) is 0. The van der Waals surface area contributed by atoms with Crippen LogP contribution in [-0.2, 0) is 0 Å². The molecule has 0 aromatic rings. The van der Waals surface area contributed by atoms with Crippen LogP contribution >= 0.6 is 0 Å². The summed E-state index contributed by atoms with van der Waals surface area (Å²) in [7, 11) is 3.88. The van der Waals surface area contributed by atoms with Crippen molar-refractivity contribution in [3.63, 3.8) is 0 Å². The lowest BCUT2D eigenvalue weighted by Gasteiger charge is -2.18. The van der Waals surface area contributed by atoms with Gasteiger partial charge in [0.25, 0.3) is 0 Å². The average molecular weight is 198 g/mol.